The maximum atomic E-state index is 5.02. The predicted octanol–water partition coefficient (Wildman–Crippen LogP) is 5.48. The Morgan fingerprint density at radius 2 is 1.56 bits per heavy atom. The largest absolute Gasteiger partial charge is 0.291 e. The molecule has 0 saturated carbocycles. The highest BCUT2D eigenvalue weighted by Crippen LogP contribution is 2.32. The van der Waals surface area contributed by atoms with Gasteiger partial charge >= 0.3 is 0 Å². The fourth-order valence-corrected chi connectivity index (χ4v) is 3.74. The summed E-state index contributed by atoms with van der Waals surface area (Å²) in [7, 11) is 0. The van der Waals surface area contributed by atoms with Crippen molar-refractivity contribution in [2.75, 3.05) is 6.54 Å². The molecule has 1 fully saturated rings. The van der Waals surface area contributed by atoms with Gasteiger partial charge in [-0.05, 0) is 37.1 Å². The van der Waals surface area contributed by atoms with E-state index in [2.05, 4.69) is 83.8 Å². The lowest BCUT2D eigenvalue weighted by molar-refractivity contribution is 0.137. The van der Waals surface area contributed by atoms with Crippen molar-refractivity contribution in [2.45, 2.75) is 31.8 Å². The minimum absolute atomic E-state index is 0.414. The fourth-order valence-electron chi connectivity index (χ4n) is 3.74. The highest BCUT2D eigenvalue weighted by Gasteiger charge is 2.25. The third-order valence-electron chi connectivity index (χ3n) is 5.02. The molecule has 1 aliphatic rings. The molecule has 0 spiro atoms. The van der Waals surface area contributed by atoms with E-state index in [4.69, 9.17) is 4.98 Å². The summed E-state index contributed by atoms with van der Waals surface area (Å²) in [6, 6.07) is 28.1. The lowest BCUT2D eigenvalue weighted by Crippen LogP contribution is -2.33. The van der Waals surface area contributed by atoms with Crippen LogP contribution in [0.3, 0.4) is 0 Å². The van der Waals surface area contributed by atoms with Crippen LogP contribution in [-0.4, -0.2) is 16.4 Å². The van der Waals surface area contributed by atoms with Crippen molar-refractivity contribution < 1.29 is 0 Å². The van der Waals surface area contributed by atoms with Gasteiger partial charge in [-0.2, -0.15) is 0 Å². The summed E-state index contributed by atoms with van der Waals surface area (Å²) >= 11 is 0. The standard InChI is InChI=1S/C23H24N2/c1-3-10-19(11-4-1)18-25-17-8-7-16-23(25)22-15-9-14-21(24-22)20-12-5-2-6-13-20/h1-6,9-15,23H,7-8,16-18H2. The van der Waals surface area contributed by atoms with E-state index in [1.165, 1.54) is 36.1 Å². The van der Waals surface area contributed by atoms with Crippen LogP contribution in [0.1, 0.15) is 36.6 Å². The molecular formula is C23H24N2. The smallest absolute Gasteiger partial charge is 0.0706 e. The minimum atomic E-state index is 0.414. The third kappa shape index (κ3) is 3.80. The highest BCUT2D eigenvalue weighted by molar-refractivity contribution is 5.58. The van der Waals surface area contributed by atoms with Crippen LogP contribution in [0.5, 0.6) is 0 Å². The first kappa shape index (κ1) is 16.0. The Kier molecular flexibility index (Phi) is 4.89. The second kappa shape index (κ2) is 7.62. The summed E-state index contributed by atoms with van der Waals surface area (Å²) in [5.74, 6) is 0. The lowest BCUT2D eigenvalue weighted by Gasteiger charge is -2.35. The summed E-state index contributed by atoms with van der Waals surface area (Å²) in [6.07, 6.45) is 3.76. The van der Waals surface area contributed by atoms with E-state index >= 15 is 0 Å². The number of aromatic nitrogens is 1. The maximum absolute atomic E-state index is 5.02. The van der Waals surface area contributed by atoms with E-state index in [0.29, 0.717) is 6.04 Å². The number of hydrogen-bond donors (Lipinski definition) is 0. The van der Waals surface area contributed by atoms with Gasteiger partial charge in [0.25, 0.3) is 0 Å². The maximum Gasteiger partial charge on any atom is 0.0706 e. The van der Waals surface area contributed by atoms with Crippen LogP contribution in [0.15, 0.2) is 78.9 Å². The average Bonchev–Trinajstić information content (AvgIpc) is 2.70. The number of rotatable bonds is 4. The van der Waals surface area contributed by atoms with Crippen LogP contribution in [0.4, 0.5) is 0 Å². The van der Waals surface area contributed by atoms with Crippen molar-refractivity contribution in [1.29, 1.82) is 0 Å². The van der Waals surface area contributed by atoms with E-state index in [0.717, 1.165) is 18.8 Å². The number of likely N-dealkylation sites (tertiary alicyclic amines) is 1. The molecular weight excluding hydrogens is 304 g/mol. The molecule has 126 valence electrons. The Balaban J connectivity index is 1.60. The molecule has 0 N–H and O–H groups in total. The first-order valence-corrected chi connectivity index (χ1v) is 9.20. The Morgan fingerprint density at radius 1 is 0.800 bits per heavy atom. The topological polar surface area (TPSA) is 16.1 Å². The number of hydrogen-bond acceptors (Lipinski definition) is 2. The quantitative estimate of drug-likeness (QED) is 0.631. The first-order chi connectivity index (χ1) is 12.4. The van der Waals surface area contributed by atoms with Crippen molar-refractivity contribution in [3.8, 4) is 11.3 Å². The van der Waals surface area contributed by atoms with Gasteiger partial charge in [0, 0.05) is 12.1 Å². The van der Waals surface area contributed by atoms with Crippen molar-refractivity contribution in [2.24, 2.45) is 0 Å². The monoisotopic (exact) mass is 328 g/mol. The summed E-state index contributed by atoms with van der Waals surface area (Å²) in [6.45, 7) is 2.15. The molecule has 3 aromatic rings. The van der Waals surface area contributed by atoms with Gasteiger partial charge in [0.05, 0.1) is 17.4 Å². The molecule has 4 rings (SSSR count). The van der Waals surface area contributed by atoms with Crippen molar-refractivity contribution in [1.82, 2.24) is 9.88 Å². The number of pyridine rings is 1. The normalized spacial score (nSPS) is 18.2. The second-order valence-corrected chi connectivity index (χ2v) is 6.78. The highest BCUT2D eigenvalue weighted by atomic mass is 15.2. The summed E-state index contributed by atoms with van der Waals surface area (Å²) in [4.78, 5) is 7.61. The molecule has 2 heterocycles. The zero-order valence-electron chi connectivity index (χ0n) is 14.5. The van der Waals surface area contributed by atoms with E-state index in [1.807, 2.05) is 0 Å². The minimum Gasteiger partial charge on any atom is -0.291 e. The van der Waals surface area contributed by atoms with E-state index in [9.17, 15) is 0 Å². The first-order valence-electron chi connectivity index (χ1n) is 9.20. The van der Waals surface area contributed by atoms with Crippen LogP contribution in [0.2, 0.25) is 0 Å². The number of benzene rings is 2. The van der Waals surface area contributed by atoms with E-state index < -0.39 is 0 Å². The van der Waals surface area contributed by atoms with E-state index in [-0.39, 0.29) is 0 Å². The molecule has 1 saturated heterocycles. The molecule has 0 bridgehead atoms. The molecule has 1 aliphatic heterocycles. The Hall–Kier alpha value is -2.45. The zero-order valence-corrected chi connectivity index (χ0v) is 14.5. The fraction of sp³-hybridized carbons (Fsp3) is 0.261. The van der Waals surface area contributed by atoms with Gasteiger partial charge in [-0.1, -0.05) is 73.2 Å². The molecule has 2 heteroatoms. The SMILES string of the molecule is c1ccc(CN2CCCCC2c2cccc(-c3ccccc3)n2)cc1. The van der Waals surface area contributed by atoms with Gasteiger partial charge < -0.3 is 0 Å². The molecule has 25 heavy (non-hydrogen) atoms. The van der Waals surface area contributed by atoms with Crippen molar-refractivity contribution in [3.05, 3.63) is 90.1 Å². The predicted molar refractivity (Wildman–Crippen MR) is 103 cm³/mol. The lowest BCUT2D eigenvalue weighted by atomic mass is 9.97. The van der Waals surface area contributed by atoms with Gasteiger partial charge in [-0.15, -0.1) is 0 Å². The molecule has 2 aromatic carbocycles. The molecule has 1 unspecified atom stereocenters. The average molecular weight is 328 g/mol. The molecule has 1 atom stereocenters. The Labute approximate surface area is 150 Å². The van der Waals surface area contributed by atoms with Crippen LogP contribution in [-0.2, 0) is 6.54 Å². The molecule has 0 aliphatic carbocycles. The number of piperidine rings is 1. The van der Waals surface area contributed by atoms with Crippen LogP contribution < -0.4 is 0 Å². The summed E-state index contributed by atoms with van der Waals surface area (Å²) in [5, 5.41) is 0. The summed E-state index contributed by atoms with van der Waals surface area (Å²) < 4.78 is 0. The molecule has 0 radical (unpaired) electrons. The van der Waals surface area contributed by atoms with Gasteiger partial charge in [-0.3, -0.25) is 9.88 Å². The van der Waals surface area contributed by atoms with Crippen LogP contribution in [0, 0.1) is 0 Å². The molecule has 2 nitrogen and oxygen atoms in total. The van der Waals surface area contributed by atoms with Crippen molar-refractivity contribution >= 4 is 0 Å². The number of nitrogens with zero attached hydrogens (tertiary/aromatic N) is 2. The Morgan fingerprint density at radius 3 is 2.36 bits per heavy atom. The Bertz CT molecular complexity index is 799. The van der Waals surface area contributed by atoms with Crippen LogP contribution in [0.25, 0.3) is 11.3 Å². The summed E-state index contributed by atoms with van der Waals surface area (Å²) in [5.41, 5.74) is 4.85. The van der Waals surface area contributed by atoms with Crippen LogP contribution >= 0.6 is 0 Å². The van der Waals surface area contributed by atoms with Gasteiger partial charge in [0.2, 0.25) is 0 Å². The molecule has 0 amide bonds. The van der Waals surface area contributed by atoms with Crippen molar-refractivity contribution in [3.63, 3.8) is 0 Å². The van der Waals surface area contributed by atoms with E-state index in [1.54, 1.807) is 0 Å². The second-order valence-electron chi connectivity index (χ2n) is 6.78. The zero-order chi connectivity index (χ0) is 16.9. The molecule has 1 aromatic heterocycles. The van der Waals surface area contributed by atoms with Gasteiger partial charge in [-0.25, -0.2) is 0 Å². The van der Waals surface area contributed by atoms with Gasteiger partial charge in [0.15, 0.2) is 0 Å². The van der Waals surface area contributed by atoms with Gasteiger partial charge in [0.1, 0.15) is 0 Å². The third-order valence-corrected chi connectivity index (χ3v) is 5.02.